The Balaban J connectivity index is 2.21. The fraction of sp³-hybridized carbons (Fsp3) is 0.600. The largest absolute Gasteiger partial charge is 0.355 e. The Labute approximate surface area is 130 Å². The van der Waals surface area contributed by atoms with Crippen molar-refractivity contribution in [2.75, 3.05) is 33.7 Å². The van der Waals surface area contributed by atoms with Gasteiger partial charge in [0, 0.05) is 26.1 Å². The molecule has 0 radical (unpaired) electrons. The fourth-order valence-corrected chi connectivity index (χ4v) is 2.76. The third-order valence-corrected chi connectivity index (χ3v) is 3.76. The molecule has 6 heteroatoms. The van der Waals surface area contributed by atoms with E-state index in [1.807, 2.05) is 25.5 Å². The lowest BCUT2D eigenvalue weighted by molar-refractivity contribution is -0.121. The third kappa shape index (κ3) is 7.24. The van der Waals surface area contributed by atoms with Crippen molar-refractivity contribution in [3.05, 3.63) is 22.4 Å². The van der Waals surface area contributed by atoms with Crippen molar-refractivity contribution in [3.8, 4) is 0 Å². The average Bonchev–Trinajstić information content (AvgIpc) is 2.88. The summed E-state index contributed by atoms with van der Waals surface area (Å²) >= 11 is 1.39. The molecule has 0 spiro atoms. The van der Waals surface area contributed by atoms with Crippen LogP contribution in [0.5, 0.6) is 0 Å². The van der Waals surface area contributed by atoms with Gasteiger partial charge >= 0.3 is 0 Å². The molecule has 0 atom stereocenters. The topological polar surface area (TPSA) is 61.4 Å². The number of rotatable bonds is 8. The van der Waals surface area contributed by atoms with E-state index in [2.05, 4.69) is 29.4 Å². The predicted octanol–water partition coefficient (Wildman–Crippen LogP) is 1.57. The molecule has 0 aliphatic carbocycles. The van der Waals surface area contributed by atoms with Crippen LogP contribution in [0.3, 0.4) is 0 Å². The second kappa shape index (κ2) is 8.14. The quantitative estimate of drug-likeness (QED) is 0.766. The van der Waals surface area contributed by atoms with Gasteiger partial charge in [0.1, 0.15) is 0 Å². The van der Waals surface area contributed by atoms with Crippen molar-refractivity contribution in [1.82, 2.24) is 15.5 Å². The summed E-state index contributed by atoms with van der Waals surface area (Å²) < 4.78 is 0. The highest BCUT2D eigenvalue weighted by atomic mass is 32.1. The zero-order chi connectivity index (χ0) is 15.9. The molecular formula is C15H25N3O2S. The summed E-state index contributed by atoms with van der Waals surface area (Å²) in [5.74, 6) is -0.154. The molecule has 0 bridgehead atoms. The number of carbonyl (C=O) groups is 2. The standard InChI is InChI=1S/C15H25N3O2S/c1-15(2,11-18(3)4)10-17-13(19)7-8-16-14(20)12-6-5-9-21-12/h5-6,9H,7-8,10-11H2,1-4H3,(H,16,20)(H,17,19). The van der Waals surface area contributed by atoms with E-state index in [0.717, 1.165) is 6.54 Å². The average molecular weight is 311 g/mol. The molecule has 1 rings (SSSR count). The Morgan fingerprint density at radius 2 is 2.00 bits per heavy atom. The normalized spacial score (nSPS) is 11.5. The minimum absolute atomic E-state index is 0.0272. The van der Waals surface area contributed by atoms with Gasteiger partial charge in [-0.25, -0.2) is 0 Å². The maximum atomic E-state index is 11.8. The third-order valence-electron chi connectivity index (χ3n) is 2.89. The van der Waals surface area contributed by atoms with Crippen molar-refractivity contribution in [3.63, 3.8) is 0 Å². The van der Waals surface area contributed by atoms with E-state index in [1.165, 1.54) is 11.3 Å². The van der Waals surface area contributed by atoms with Crippen molar-refractivity contribution < 1.29 is 9.59 Å². The molecule has 21 heavy (non-hydrogen) atoms. The Morgan fingerprint density at radius 3 is 2.57 bits per heavy atom. The van der Waals surface area contributed by atoms with Crippen LogP contribution in [-0.4, -0.2) is 50.4 Å². The summed E-state index contributed by atoms with van der Waals surface area (Å²) in [5, 5.41) is 7.53. The van der Waals surface area contributed by atoms with Gasteiger partial charge in [-0.1, -0.05) is 19.9 Å². The predicted molar refractivity (Wildman–Crippen MR) is 86.6 cm³/mol. The van der Waals surface area contributed by atoms with Gasteiger partial charge in [0.05, 0.1) is 4.88 Å². The van der Waals surface area contributed by atoms with Crippen LogP contribution in [0.2, 0.25) is 0 Å². The second-order valence-electron chi connectivity index (χ2n) is 6.16. The Bertz CT molecular complexity index is 455. The molecule has 0 aliphatic heterocycles. The van der Waals surface area contributed by atoms with Gasteiger partial charge in [0.15, 0.2) is 0 Å². The van der Waals surface area contributed by atoms with Crippen molar-refractivity contribution >= 4 is 23.2 Å². The zero-order valence-corrected chi connectivity index (χ0v) is 14.0. The first-order valence-corrected chi connectivity index (χ1v) is 7.91. The summed E-state index contributed by atoms with van der Waals surface area (Å²) in [4.78, 5) is 26.2. The molecule has 5 nitrogen and oxygen atoms in total. The smallest absolute Gasteiger partial charge is 0.261 e. The Hall–Kier alpha value is -1.40. The highest BCUT2D eigenvalue weighted by Crippen LogP contribution is 2.14. The number of hydrogen-bond donors (Lipinski definition) is 2. The molecule has 118 valence electrons. The van der Waals surface area contributed by atoms with Crippen LogP contribution in [0, 0.1) is 5.41 Å². The molecule has 0 aromatic carbocycles. The molecule has 2 N–H and O–H groups in total. The number of nitrogens with one attached hydrogen (secondary N) is 2. The van der Waals surface area contributed by atoms with Crippen LogP contribution in [0.4, 0.5) is 0 Å². The van der Waals surface area contributed by atoms with E-state index in [9.17, 15) is 9.59 Å². The van der Waals surface area contributed by atoms with Gasteiger partial charge in [-0.3, -0.25) is 9.59 Å². The first kappa shape index (κ1) is 17.7. The van der Waals surface area contributed by atoms with Gasteiger partial charge < -0.3 is 15.5 Å². The molecule has 1 heterocycles. The SMILES string of the molecule is CN(C)CC(C)(C)CNC(=O)CCNC(=O)c1cccs1. The van der Waals surface area contributed by atoms with Crippen LogP contribution >= 0.6 is 11.3 Å². The van der Waals surface area contributed by atoms with Crippen molar-refractivity contribution in [2.45, 2.75) is 20.3 Å². The summed E-state index contributed by atoms with van der Waals surface area (Å²) in [7, 11) is 4.04. The van der Waals surface area contributed by atoms with E-state index >= 15 is 0 Å². The first-order chi connectivity index (χ1) is 9.80. The number of nitrogens with zero attached hydrogens (tertiary/aromatic N) is 1. The van der Waals surface area contributed by atoms with E-state index in [1.54, 1.807) is 6.07 Å². The van der Waals surface area contributed by atoms with Gasteiger partial charge in [0.2, 0.25) is 5.91 Å². The van der Waals surface area contributed by atoms with E-state index in [-0.39, 0.29) is 17.2 Å². The maximum absolute atomic E-state index is 11.8. The Kier molecular flexibility index (Phi) is 6.84. The van der Waals surface area contributed by atoms with Gasteiger partial charge in [-0.15, -0.1) is 11.3 Å². The van der Waals surface area contributed by atoms with E-state index in [4.69, 9.17) is 0 Å². The van der Waals surface area contributed by atoms with Crippen LogP contribution < -0.4 is 10.6 Å². The molecule has 0 saturated heterocycles. The second-order valence-corrected chi connectivity index (χ2v) is 7.11. The van der Waals surface area contributed by atoms with E-state index in [0.29, 0.717) is 24.4 Å². The minimum Gasteiger partial charge on any atom is -0.355 e. The molecule has 1 aromatic heterocycles. The lowest BCUT2D eigenvalue weighted by atomic mass is 9.93. The summed E-state index contributed by atoms with van der Waals surface area (Å²) in [6.45, 7) is 6.12. The summed E-state index contributed by atoms with van der Waals surface area (Å²) in [5.41, 5.74) is 0.0272. The van der Waals surface area contributed by atoms with Gasteiger partial charge in [0.25, 0.3) is 5.91 Å². The number of amides is 2. The highest BCUT2D eigenvalue weighted by molar-refractivity contribution is 7.12. The number of hydrogen-bond acceptors (Lipinski definition) is 4. The minimum atomic E-state index is -0.120. The lowest BCUT2D eigenvalue weighted by Gasteiger charge is -2.28. The molecule has 0 unspecified atom stereocenters. The molecule has 0 saturated carbocycles. The van der Waals surface area contributed by atoms with Crippen LogP contribution in [0.1, 0.15) is 29.9 Å². The van der Waals surface area contributed by atoms with Gasteiger partial charge in [-0.2, -0.15) is 0 Å². The lowest BCUT2D eigenvalue weighted by Crippen LogP contribution is -2.40. The molecule has 0 fully saturated rings. The molecule has 0 aliphatic rings. The fourth-order valence-electron chi connectivity index (χ4n) is 2.12. The number of carbonyl (C=O) groups excluding carboxylic acids is 2. The first-order valence-electron chi connectivity index (χ1n) is 7.03. The molecular weight excluding hydrogens is 286 g/mol. The molecule has 1 aromatic rings. The van der Waals surface area contributed by atoms with Crippen LogP contribution in [0.25, 0.3) is 0 Å². The monoisotopic (exact) mass is 311 g/mol. The summed E-state index contributed by atoms with van der Waals surface area (Å²) in [6, 6.07) is 3.60. The van der Waals surface area contributed by atoms with Gasteiger partial charge in [-0.05, 0) is 31.0 Å². The zero-order valence-electron chi connectivity index (χ0n) is 13.2. The maximum Gasteiger partial charge on any atom is 0.261 e. The highest BCUT2D eigenvalue weighted by Gasteiger charge is 2.19. The van der Waals surface area contributed by atoms with Crippen LogP contribution in [-0.2, 0) is 4.79 Å². The number of thiophene rings is 1. The van der Waals surface area contributed by atoms with E-state index < -0.39 is 0 Å². The molecule has 2 amide bonds. The van der Waals surface area contributed by atoms with Crippen LogP contribution in [0.15, 0.2) is 17.5 Å². The van der Waals surface area contributed by atoms with Crippen molar-refractivity contribution in [2.24, 2.45) is 5.41 Å². The Morgan fingerprint density at radius 1 is 1.29 bits per heavy atom. The summed E-state index contributed by atoms with van der Waals surface area (Å²) in [6.07, 6.45) is 0.301. The van der Waals surface area contributed by atoms with Crippen molar-refractivity contribution in [1.29, 1.82) is 0 Å².